The summed E-state index contributed by atoms with van der Waals surface area (Å²) in [5, 5.41) is 0. The first-order chi connectivity index (χ1) is 9.01. The monoisotopic (exact) mass is 325 g/mol. The molecule has 0 aliphatic heterocycles. The summed E-state index contributed by atoms with van der Waals surface area (Å²) < 4.78 is 0. The molecule has 0 heterocycles. The van der Waals surface area contributed by atoms with Gasteiger partial charge in [0.25, 0.3) is 0 Å². The van der Waals surface area contributed by atoms with Gasteiger partial charge < -0.3 is 0 Å². The van der Waals surface area contributed by atoms with Crippen molar-refractivity contribution in [1.29, 1.82) is 0 Å². The average molecular weight is 325 g/mol. The summed E-state index contributed by atoms with van der Waals surface area (Å²) in [5.41, 5.74) is 3.59. The molecule has 0 aliphatic carbocycles. The van der Waals surface area contributed by atoms with Crippen LogP contribution in [0.4, 0.5) is 0 Å². The number of allylic oxidation sites excluding steroid dienone is 4. The zero-order chi connectivity index (χ0) is 14.7. The molecule has 0 aliphatic rings. The van der Waals surface area contributed by atoms with E-state index in [1.807, 2.05) is 30.3 Å². The van der Waals surface area contributed by atoms with Gasteiger partial charge in [-0.05, 0) is 38.8 Å². The first-order valence-corrected chi connectivity index (χ1v) is 9.03. The Bertz CT molecular complexity index is 338. The summed E-state index contributed by atoms with van der Waals surface area (Å²) in [6.45, 7) is 13.5. The topological polar surface area (TPSA) is 0 Å². The Balaban J connectivity index is 0. The van der Waals surface area contributed by atoms with Crippen LogP contribution in [0.3, 0.4) is 0 Å². The Hall–Kier alpha value is -0.0257. The van der Waals surface area contributed by atoms with Gasteiger partial charge in [0.15, 0.2) is 0 Å². The van der Waals surface area contributed by atoms with Gasteiger partial charge in [-0.15, -0.1) is 7.92 Å². The second kappa shape index (κ2) is 13.9. The zero-order valence-corrected chi connectivity index (χ0v) is 16.4. The van der Waals surface area contributed by atoms with E-state index in [0.29, 0.717) is 0 Å². The van der Waals surface area contributed by atoms with E-state index in [0.717, 1.165) is 5.66 Å². The van der Waals surface area contributed by atoms with Crippen LogP contribution in [0.5, 0.6) is 0 Å². The van der Waals surface area contributed by atoms with Crippen LogP contribution in [-0.2, 0) is 21.7 Å². The van der Waals surface area contributed by atoms with E-state index in [-0.39, 0.29) is 29.6 Å². The Morgan fingerprint density at radius 3 is 1.90 bits per heavy atom. The summed E-state index contributed by atoms with van der Waals surface area (Å²) in [6.07, 6.45) is 7.41. The van der Waals surface area contributed by atoms with Gasteiger partial charge in [0, 0.05) is 21.7 Å². The fraction of sp³-hybridized carbons (Fsp3) is 0.500. The molecule has 0 amide bonds. The molecule has 1 aromatic carbocycles. The first kappa shape index (κ1) is 22.3. The summed E-state index contributed by atoms with van der Waals surface area (Å²) in [5.74, 6) is 0. The average Bonchev–Trinajstić information content (AvgIpc) is 2.87. The molecule has 0 fully saturated rings. The molecule has 0 saturated carbocycles. The summed E-state index contributed by atoms with van der Waals surface area (Å²) >= 11 is 0. The van der Waals surface area contributed by atoms with Crippen LogP contribution in [-0.4, -0.2) is 18.0 Å². The predicted molar refractivity (Wildman–Crippen MR) is 92.7 cm³/mol. The SMILES string of the molecule is CCP(CC)C(C)C=C(C)C=C(C)C.[Ti].c1cc[cH-]c1. The van der Waals surface area contributed by atoms with E-state index < -0.39 is 0 Å². The van der Waals surface area contributed by atoms with Crippen LogP contribution in [0.1, 0.15) is 41.5 Å². The Labute approximate surface area is 142 Å². The maximum absolute atomic E-state index is 2.44. The molecule has 112 valence electrons. The van der Waals surface area contributed by atoms with Crippen molar-refractivity contribution in [2.45, 2.75) is 47.2 Å². The molecule has 0 aromatic heterocycles. The van der Waals surface area contributed by atoms with Gasteiger partial charge in [-0.3, -0.25) is 0 Å². The Morgan fingerprint density at radius 2 is 1.60 bits per heavy atom. The first-order valence-electron chi connectivity index (χ1n) is 7.25. The molecule has 0 radical (unpaired) electrons. The van der Waals surface area contributed by atoms with Crippen molar-refractivity contribution >= 4 is 7.92 Å². The summed E-state index contributed by atoms with van der Waals surface area (Å²) in [4.78, 5) is 0. The van der Waals surface area contributed by atoms with Crippen LogP contribution in [0, 0.1) is 0 Å². The molecule has 0 spiro atoms. The molecular formula is C18H30PTi-. The van der Waals surface area contributed by atoms with Crippen LogP contribution in [0.15, 0.2) is 53.6 Å². The van der Waals surface area contributed by atoms with Gasteiger partial charge in [0.2, 0.25) is 0 Å². The Morgan fingerprint density at radius 1 is 1.10 bits per heavy atom. The number of rotatable bonds is 5. The fourth-order valence-electron chi connectivity index (χ4n) is 2.11. The van der Waals surface area contributed by atoms with Crippen molar-refractivity contribution in [3.8, 4) is 0 Å². The molecule has 2 heteroatoms. The van der Waals surface area contributed by atoms with Gasteiger partial charge in [-0.2, -0.15) is 18.2 Å². The number of hydrogen-bond donors (Lipinski definition) is 0. The van der Waals surface area contributed by atoms with Crippen LogP contribution in [0.25, 0.3) is 0 Å². The second-order valence-corrected chi connectivity index (χ2v) is 8.31. The smallest absolute Gasteiger partial charge is 0 e. The largest absolute Gasteiger partial charge is 0.214 e. The molecule has 1 atom stereocenters. The maximum Gasteiger partial charge on any atom is 0 e. The van der Waals surface area contributed by atoms with Gasteiger partial charge in [0.05, 0.1) is 0 Å². The van der Waals surface area contributed by atoms with E-state index in [1.54, 1.807) is 0 Å². The minimum absolute atomic E-state index is 0. The van der Waals surface area contributed by atoms with Crippen molar-refractivity contribution in [2.24, 2.45) is 0 Å². The van der Waals surface area contributed by atoms with E-state index >= 15 is 0 Å². The molecule has 0 nitrogen and oxygen atoms in total. The van der Waals surface area contributed by atoms with Crippen LogP contribution >= 0.6 is 7.92 Å². The van der Waals surface area contributed by atoms with E-state index in [9.17, 15) is 0 Å². The fourth-order valence-corrected chi connectivity index (χ4v) is 4.15. The van der Waals surface area contributed by atoms with Gasteiger partial charge in [-0.25, -0.2) is 12.1 Å². The van der Waals surface area contributed by atoms with Crippen molar-refractivity contribution in [2.75, 3.05) is 12.3 Å². The second-order valence-electron chi connectivity index (χ2n) is 5.06. The maximum atomic E-state index is 2.44. The standard InChI is InChI=1S/C13H25P.C5H5.Ti/c1-7-14(8-2)13(6)10-12(5)9-11(3)4;1-2-4-5-3-1;/h9-10,13H,7-8H2,1-6H3;1-5H;/q;-1;. The number of hydrogen-bond acceptors (Lipinski definition) is 0. The van der Waals surface area contributed by atoms with Crippen molar-refractivity contribution in [3.05, 3.63) is 53.6 Å². The third kappa shape index (κ3) is 11.8. The van der Waals surface area contributed by atoms with Crippen LogP contribution < -0.4 is 0 Å². The third-order valence-electron chi connectivity index (χ3n) is 2.96. The third-order valence-corrected chi connectivity index (χ3v) is 5.89. The predicted octanol–water partition coefficient (Wildman–Crippen LogP) is 6.21. The molecular weight excluding hydrogens is 295 g/mol. The normalized spacial score (nSPS) is 12.1. The zero-order valence-electron chi connectivity index (χ0n) is 14.0. The molecule has 1 rings (SSSR count). The summed E-state index contributed by atoms with van der Waals surface area (Å²) in [6, 6.07) is 10.0. The van der Waals surface area contributed by atoms with Crippen molar-refractivity contribution in [1.82, 2.24) is 0 Å². The van der Waals surface area contributed by atoms with E-state index in [1.165, 1.54) is 23.5 Å². The Kier molecular flexibility index (Phi) is 15.5. The van der Waals surface area contributed by atoms with Gasteiger partial charge in [0.1, 0.15) is 0 Å². The van der Waals surface area contributed by atoms with Gasteiger partial charge in [-0.1, -0.05) is 44.1 Å². The molecule has 0 N–H and O–H groups in total. The molecule has 20 heavy (non-hydrogen) atoms. The minimum atomic E-state index is 0. The van der Waals surface area contributed by atoms with Crippen molar-refractivity contribution < 1.29 is 21.7 Å². The van der Waals surface area contributed by atoms with Crippen molar-refractivity contribution in [3.63, 3.8) is 0 Å². The molecule has 1 unspecified atom stereocenters. The molecule has 0 saturated heterocycles. The molecule has 1 aromatic rings. The van der Waals surface area contributed by atoms with E-state index in [2.05, 4.69) is 53.7 Å². The van der Waals surface area contributed by atoms with Crippen LogP contribution in [0.2, 0.25) is 0 Å². The minimum Gasteiger partial charge on any atom is -0.214 e. The summed E-state index contributed by atoms with van der Waals surface area (Å²) in [7, 11) is 0.219. The molecule has 0 bridgehead atoms. The van der Waals surface area contributed by atoms with E-state index in [4.69, 9.17) is 0 Å². The quantitative estimate of drug-likeness (QED) is 0.261. The van der Waals surface area contributed by atoms with Gasteiger partial charge >= 0.3 is 0 Å².